The molecule has 0 N–H and O–H groups in total. The molecule has 0 bridgehead atoms. The highest BCUT2D eigenvalue weighted by Crippen LogP contribution is 2.36. The van der Waals surface area contributed by atoms with Gasteiger partial charge in [0.25, 0.3) is 0 Å². The molecule has 0 fully saturated rings. The zero-order chi connectivity index (χ0) is 14.9. The normalized spacial score (nSPS) is 12.4. The standard InChI is InChI=1S/C14H12Cl2INO2/c1-7(19)5-8(2)20-14-11(17)6-10(15)9-3-4-12(16)18-13(9)14/h3-4,6,8H,5H2,1-2H3. The highest BCUT2D eigenvalue weighted by atomic mass is 127. The number of ketones is 1. The fourth-order valence-electron chi connectivity index (χ4n) is 1.93. The van der Waals surface area contributed by atoms with Gasteiger partial charge in [0.15, 0.2) is 5.75 Å². The van der Waals surface area contributed by atoms with Crippen LogP contribution in [0.2, 0.25) is 10.2 Å². The summed E-state index contributed by atoms with van der Waals surface area (Å²) >= 11 is 14.3. The van der Waals surface area contributed by atoms with Crippen molar-refractivity contribution in [2.45, 2.75) is 26.4 Å². The summed E-state index contributed by atoms with van der Waals surface area (Å²) in [5.41, 5.74) is 0.616. The molecule has 2 aromatic rings. The number of hydrogen-bond donors (Lipinski definition) is 0. The van der Waals surface area contributed by atoms with Gasteiger partial charge in [-0.05, 0) is 54.6 Å². The number of hydrogen-bond acceptors (Lipinski definition) is 3. The highest BCUT2D eigenvalue weighted by Gasteiger charge is 2.16. The first-order chi connectivity index (χ1) is 9.38. The molecule has 0 aliphatic rings. The van der Waals surface area contributed by atoms with Crippen LogP contribution < -0.4 is 4.74 Å². The number of fused-ring (bicyclic) bond motifs is 1. The second-order valence-corrected chi connectivity index (χ2v) is 6.49. The van der Waals surface area contributed by atoms with E-state index in [9.17, 15) is 4.79 Å². The molecule has 20 heavy (non-hydrogen) atoms. The van der Waals surface area contributed by atoms with Gasteiger partial charge in [0.1, 0.15) is 22.6 Å². The van der Waals surface area contributed by atoms with Gasteiger partial charge in [-0.1, -0.05) is 23.2 Å². The lowest BCUT2D eigenvalue weighted by Gasteiger charge is -2.17. The van der Waals surface area contributed by atoms with Crippen LogP contribution in [0.25, 0.3) is 10.9 Å². The van der Waals surface area contributed by atoms with Crippen LogP contribution in [-0.2, 0) is 4.79 Å². The number of halogens is 3. The van der Waals surface area contributed by atoms with Crippen molar-refractivity contribution >= 4 is 62.5 Å². The van der Waals surface area contributed by atoms with Crippen molar-refractivity contribution in [2.24, 2.45) is 0 Å². The fourth-order valence-corrected chi connectivity index (χ4v) is 3.22. The maximum atomic E-state index is 11.2. The van der Waals surface area contributed by atoms with Crippen LogP contribution >= 0.6 is 45.8 Å². The summed E-state index contributed by atoms with van der Waals surface area (Å²) in [6, 6.07) is 5.31. The van der Waals surface area contributed by atoms with E-state index in [1.165, 1.54) is 0 Å². The summed E-state index contributed by atoms with van der Waals surface area (Å²) in [5.74, 6) is 0.693. The Morgan fingerprint density at radius 3 is 2.80 bits per heavy atom. The van der Waals surface area contributed by atoms with Crippen LogP contribution in [-0.4, -0.2) is 16.9 Å². The van der Waals surface area contributed by atoms with Crippen LogP contribution in [0.5, 0.6) is 5.75 Å². The Morgan fingerprint density at radius 2 is 2.15 bits per heavy atom. The van der Waals surface area contributed by atoms with Crippen molar-refractivity contribution in [1.82, 2.24) is 4.98 Å². The monoisotopic (exact) mass is 423 g/mol. The van der Waals surface area contributed by atoms with E-state index in [-0.39, 0.29) is 11.9 Å². The summed E-state index contributed by atoms with van der Waals surface area (Å²) < 4.78 is 6.71. The molecular weight excluding hydrogens is 412 g/mol. The molecule has 0 saturated carbocycles. The molecular formula is C14H12Cl2INO2. The van der Waals surface area contributed by atoms with E-state index in [1.54, 1.807) is 13.0 Å². The number of carbonyl (C=O) groups is 1. The molecule has 6 heteroatoms. The van der Waals surface area contributed by atoms with E-state index in [4.69, 9.17) is 27.9 Å². The average Bonchev–Trinajstić information content (AvgIpc) is 2.33. The lowest BCUT2D eigenvalue weighted by molar-refractivity contribution is -0.118. The van der Waals surface area contributed by atoms with Crippen LogP contribution in [0.1, 0.15) is 20.3 Å². The first kappa shape index (κ1) is 15.8. The molecule has 0 amide bonds. The molecule has 0 aliphatic carbocycles. The number of carbonyl (C=O) groups excluding carboxylic acids is 1. The van der Waals surface area contributed by atoms with Gasteiger partial charge < -0.3 is 4.74 Å². The van der Waals surface area contributed by atoms with Gasteiger partial charge in [-0.3, -0.25) is 4.79 Å². The Morgan fingerprint density at radius 1 is 1.45 bits per heavy atom. The van der Waals surface area contributed by atoms with Crippen molar-refractivity contribution in [2.75, 3.05) is 0 Å². The molecule has 1 heterocycles. The molecule has 1 unspecified atom stereocenters. The molecule has 0 aliphatic heterocycles. The third kappa shape index (κ3) is 3.54. The Bertz CT molecular complexity index is 676. The molecule has 0 spiro atoms. The predicted molar refractivity (Wildman–Crippen MR) is 89.9 cm³/mol. The van der Waals surface area contributed by atoms with Gasteiger partial charge in [0.05, 0.1) is 8.59 Å². The average molecular weight is 424 g/mol. The van der Waals surface area contributed by atoms with Gasteiger partial charge in [-0.25, -0.2) is 4.98 Å². The Hall–Kier alpha value is -0.590. The summed E-state index contributed by atoms with van der Waals surface area (Å²) in [6.07, 6.45) is 0.118. The van der Waals surface area contributed by atoms with Crippen LogP contribution in [0, 0.1) is 3.57 Å². The molecule has 106 valence electrons. The zero-order valence-corrected chi connectivity index (χ0v) is 14.6. The van der Waals surface area contributed by atoms with Gasteiger partial charge in [0.2, 0.25) is 0 Å². The van der Waals surface area contributed by atoms with Gasteiger partial charge >= 0.3 is 0 Å². The third-order valence-corrected chi connectivity index (χ3v) is 4.02. The lowest BCUT2D eigenvalue weighted by Crippen LogP contribution is -2.16. The van der Waals surface area contributed by atoms with Crippen LogP contribution in [0.15, 0.2) is 18.2 Å². The molecule has 2 rings (SSSR count). The minimum atomic E-state index is -0.230. The quantitative estimate of drug-likeness (QED) is 0.519. The van der Waals surface area contributed by atoms with Crippen molar-refractivity contribution in [3.05, 3.63) is 31.9 Å². The van der Waals surface area contributed by atoms with E-state index in [1.807, 2.05) is 19.1 Å². The topological polar surface area (TPSA) is 39.2 Å². The summed E-state index contributed by atoms with van der Waals surface area (Å²) in [4.78, 5) is 15.5. The summed E-state index contributed by atoms with van der Waals surface area (Å²) in [7, 11) is 0. The van der Waals surface area contributed by atoms with Crippen LogP contribution in [0.4, 0.5) is 0 Å². The first-order valence-corrected chi connectivity index (χ1v) is 7.82. The Balaban J connectivity index is 2.51. The van der Waals surface area contributed by atoms with E-state index >= 15 is 0 Å². The maximum absolute atomic E-state index is 11.2. The molecule has 1 aromatic carbocycles. The van der Waals surface area contributed by atoms with Crippen molar-refractivity contribution in [3.8, 4) is 5.75 Å². The molecule has 0 saturated heterocycles. The van der Waals surface area contributed by atoms with Crippen LogP contribution in [0.3, 0.4) is 0 Å². The summed E-state index contributed by atoms with van der Waals surface area (Å²) in [6.45, 7) is 3.39. The lowest BCUT2D eigenvalue weighted by atomic mass is 10.2. The fraction of sp³-hybridized carbons (Fsp3) is 0.286. The molecule has 0 radical (unpaired) electrons. The molecule has 3 nitrogen and oxygen atoms in total. The number of Topliss-reactive ketones (excluding diaryl/α,β-unsaturated/α-hetero) is 1. The predicted octanol–water partition coefficient (Wildman–Crippen LogP) is 4.89. The van der Waals surface area contributed by atoms with E-state index in [2.05, 4.69) is 27.6 Å². The highest BCUT2D eigenvalue weighted by molar-refractivity contribution is 14.1. The first-order valence-electron chi connectivity index (χ1n) is 5.99. The summed E-state index contributed by atoms with van der Waals surface area (Å²) in [5, 5.41) is 1.75. The van der Waals surface area contributed by atoms with E-state index < -0.39 is 0 Å². The second kappa shape index (κ2) is 6.45. The van der Waals surface area contributed by atoms with Crippen molar-refractivity contribution in [3.63, 3.8) is 0 Å². The second-order valence-electron chi connectivity index (χ2n) is 4.53. The van der Waals surface area contributed by atoms with E-state index in [0.717, 1.165) is 8.96 Å². The van der Waals surface area contributed by atoms with Crippen molar-refractivity contribution in [1.29, 1.82) is 0 Å². The molecule has 1 aromatic heterocycles. The minimum absolute atomic E-state index is 0.0803. The minimum Gasteiger partial charge on any atom is -0.487 e. The van der Waals surface area contributed by atoms with Crippen molar-refractivity contribution < 1.29 is 9.53 Å². The smallest absolute Gasteiger partial charge is 0.159 e. The Labute approximate surface area is 140 Å². The van der Waals surface area contributed by atoms with E-state index in [0.29, 0.717) is 27.9 Å². The van der Waals surface area contributed by atoms with Gasteiger partial charge in [-0.15, -0.1) is 0 Å². The SMILES string of the molecule is CC(=O)CC(C)Oc1c(I)cc(Cl)c2ccc(Cl)nc12. The van der Waals surface area contributed by atoms with Gasteiger partial charge in [-0.2, -0.15) is 0 Å². The van der Waals surface area contributed by atoms with Gasteiger partial charge in [0, 0.05) is 11.8 Å². The number of nitrogens with zero attached hydrogens (tertiary/aromatic N) is 1. The molecule has 1 atom stereocenters. The largest absolute Gasteiger partial charge is 0.487 e. The zero-order valence-electron chi connectivity index (χ0n) is 10.9. The number of rotatable bonds is 4. The number of benzene rings is 1. The number of ether oxygens (including phenoxy) is 1. The Kier molecular flexibility index (Phi) is 5.09. The maximum Gasteiger partial charge on any atom is 0.159 e. The number of aromatic nitrogens is 1. The number of pyridine rings is 1. The third-order valence-electron chi connectivity index (χ3n) is 2.70.